The summed E-state index contributed by atoms with van der Waals surface area (Å²) in [5, 5.41) is -0.518. The van der Waals surface area contributed by atoms with Crippen LogP contribution in [0.3, 0.4) is 0 Å². The topological polar surface area (TPSA) is 74.3 Å². The minimum Gasteiger partial charge on any atom is -0.748 e. The molecule has 1 saturated carbocycles. The Balaban J connectivity index is 2.21. The van der Waals surface area contributed by atoms with Crippen molar-refractivity contribution < 1.29 is 17.8 Å². The van der Waals surface area contributed by atoms with Crippen LogP contribution in [0.25, 0.3) is 0 Å². The van der Waals surface area contributed by atoms with Crippen molar-refractivity contribution in [1.29, 1.82) is 0 Å². The van der Waals surface area contributed by atoms with Gasteiger partial charge >= 0.3 is 0 Å². The molecule has 0 spiro atoms. The Bertz CT molecular complexity index is 304. The van der Waals surface area contributed by atoms with Crippen molar-refractivity contribution in [2.75, 3.05) is 11.5 Å². The Morgan fingerprint density at radius 2 is 1.87 bits per heavy atom. The molecule has 0 unspecified atom stereocenters. The lowest BCUT2D eigenvalue weighted by molar-refractivity contribution is -0.108. The zero-order valence-electron chi connectivity index (χ0n) is 8.48. The molecule has 6 heteroatoms. The molecule has 0 N–H and O–H groups in total. The van der Waals surface area contributed by atoms with E-state index >= 15 is 0 Å². The van der Waals surface area contributed by atoms with Crippen molar-refractivity contribution in [3.05, 3.63) is 0 Å². The van der Waals surface area contributed by atoms with Crippen LogP contribution in [-0.2, 0) is 14.9 Å². The highest BCUT2D eigenvalue weighted by Gasteiger charge is 2.16. The van der Waals surface area contributed by atoms with Crippen LogP contribution < -0.4 is 0 Å². The number of hydrogen-bond acceptors (Lipinski definition) is 5. The number of rotatable bonds is 4. The summed E-state index contributed by atoms with van der Waals surface area (Å²) in [6.07, 6.45) is 5.87. The SMILES string of the molecule is O=C(CS(=O)(=O)[O-])SCC1CCCCC1. The van der Waals surface area contributed by atoms with Crippen LogP contribution in [0, 0.1) is 5.92 Å². The van der Waals surface area contributed by atoms with Crippen LogP contribution in [0.1, 0.15) is 32.1 Å². The molecule has 0 aromatic heterocycles. The highest BCUT2D eigenvalue weighted by Crippen LogP contribution is 2.26. The molecule has 0 radical (unpaired) electrons. The van der Waals surface area contributed by atoms with E-state index in [0.717, 1.165) is 24.6 Å². The van der Waals surface area contributed by atoms with E-state index in [9.17, 15) is 17.8 Å². The molecule has 4 nitrogen and oxygen atoms in total. The van der Waals surface area contributed by atoms with Crippen LogP contribution in [0.2, 0.25) is 0 Å². The zero-order valence-corrected chi connectivity index (χ0v) is 10.1. The summed E-state index contributed by atoms with van der Waals surface area (Å²) in [4.78, 5) is 11.1. The van der Waals surface area contributed by atoms with E-state index in [1.165, 1.54) is 19.3 Å². The third-order valence-corrected chi connectivity index (χ3v) is 4.40. The molecule has 0 atom stereocenters. The fraction of sp³-hybridized carbons (Fsp3) is 0.889. The highest BCUT2D eigenvalue weighted by molar-refractivity contribution is 8.14. The van der Waals surface area contributed by atoms with Crippen LogP contribution in [0.4, 0.5) is 0 Å². The maximum absolute atomic E-state index is 11.1. The Hall–Kier alpha value is -0.0700. The van der Waals surface area contributed by atoms with Crippen molar-refractivity contribution in [1.82, 2.24) is 0 Å². The molecule has 1 aliphatic carbocycles. The van der Waals surface area contributed by atoms with Gasteiger partial charge in [-0.1, -0.05) is 31.0 Å². The number of hydrogen-bond donors (Lipinski definition) is 0. The fourth-order valence-electron chi connectivity index (χ4n) is 1.75. The first-order valence-electron chi connectivity index (χ1n) is 5.06. The third kappa shape index (κ3) is 6.17. The number of carbonyl (C=O) groups excluding carboxylic acids is 1. The van der Waals surface area contributed by atoms with E-state index in [1.54, 1.807) is 0 Å². The second kappa shape index (κ2) is 5.86. The van der Waals surface area contributed by atoms with Gasteiger partial charge in [0, 0.05) is 5.75 Å². The normalized spacial score (nSPS) is 19.0. The largest absolute Gasteiger partial charge is 0.748 e. The standard InChI is InChI=1S/C9H16O4S2/c10-9(7-15(11,12)13)14-6-8-4-2-1-3-5-8/h8H,1-7H2,(H,11,12,13)/p-1. The average Bonchev–Trinajstić information content (AvgIpc) is 2.14. The molecule has 0 heterocycles. The summed E-state index contributed by atoms with van der Waals surface area (Å²) < 4.78 is 30.9. The molecule has 15 heavy (non-hydrogen) atoms. The second-order valence-corrected chi connectivity index (χ2v) is 6.37. The summed E-state index contributed by atoms with van der Waals surface area (Å²) in [5.41, 5.74) is 0. The van der Waals surface area contributed by atoms with Gasteiger partial charge in [-0.3, -0.25) is 4.79 Å². The van der Waals surface area contributed by atoms with E-state index in [0.29, 0.717) is 11.7 Å². The smallest absolute Gasteiger partial charge is 0.202 e. The zero-order chi connectivity index (χ0) is 11.3. The van der Waals surface area contributed by atoms with Gasteiger partial charge < -0.3 is 4.55 Å². The van der Waals surface area contributed by atoms with Crippen molar-refractivity contribution >= 4 is 27.0 Å². The minimum absolute atomic E-state index is 0.516. The van der Waals surface area contributed by atoms with Gasteiger partial charge in [0.15, 0.2) is 0 Å². The van der Waals surface area contributed by atoms with E-state index in [2.05, 4.69) is 0 Å². The summed E-state index contributed by atoms with van der Waals surface area (Å²) >= 11 is 0.992. The molecule has 0 saturated heterocycles. The van der Waals surface area contributed by atoms with Crippen LogP contribution in [0.15, 0.2) is 0 Å². The first-order valence-corrected chi connectivity index (χ1v) is 7.63. The first-order chi connectivity index (χ1) is 6.97. The fourth-order valence-corrected chi connectivity index (χ4v) is 3.56. The Kier molecular flexibility index (Phi) is 5.08. The van der Waals surface area contributed by atoms with Gasteiger partial charge in [0.25, 0.3) is 0 Å². The molecular formula is C9H15O4S2-. The Morgan fingerprint density at radius 3 is 2.40 bits per heavy atom. The molecule has 1 aliphatic rings. The summed E-state index contributed by atoms with van der Waals surface area (Å²) in [6, 6.07) is 0. The van der Waals surface area contributed by atoms with Gasteiger partial charge in [0.2, 0.25) is 5.12 Å². The predicted octanol–water partition coefficient (Wildman–Crippen LogP) is 1.37. The molecule has 1 rings (SSSR count). The first kappa shape index (κ1) is 13.0. The van der Waals surface area contributed by atoms with Crippen LogP contribution >= 0.6 is 11.8 Å². The second-order valence-electron chi connectivity index (χ2n) is 3.89. The number of carbonyl (C=O) groups is 1. The molecule has 0 aromatic carbocycles. The van der Waals surface area contributed by atoms with Crippen molar-refractivity contribution in [2.45, 2.75) is 32.1 Å². The molecule has 0 amide bonds. The van der Waals surface area contributed by atoms with Crippen LogP contribution in [-0.4, -0.2) is 29.6 Å². The van der Waals surface area contributed by atoms with Gasteiger partial charge in [0.1, 0.15) is 15.9 Å². The molecule has 0 bridgehead atoms. The lowest BCUT2D eigenvalue weighted by Crippen LogP contribution is -2.15. The Morgan fingerprint density at radius 1 is 1.27 bits per heavy atom. The van der Waals surface area contributed by atoms with E-state index in [-0.39, 0.29) is 0 Å². The van der Waals surface area contributed by atoms with Gasteiger partial charge in [-0.25, -0.2) is 8.42 Å². The minimum atomic E-state index is -4.40. The third-order valence-electron chi connectivity index (χ3n) is 2.50. The van der Waals surface area contributed by atoms with Crippen molar-refractivity contribution in [3.63, 3.8) is 0 Å². The summed E-state index contributed by atoms with van der Waals surface area (Å²) in [6.45, 7) is 0. The van der Waals surface area contributed by atoms with Gasteiger partial charge in [-0.15, -0.1) is 0 Å². The molecular weight excluding hydrogens is 236 g/mol. The lowest BCUT2D eigenvalue weighted by atomic mass is 9.91. The monoisotopic (exact) mass is 251 g/mol. The lowest BCUT2D eigenvalue weighted by Gasteiger charge is -2.20. The average molecular weight is 251 g/mol. The predicted molar refractivity (Wildman–Crippen MR) is 58.6 cm³/mol. The van der Waals surface area contributed by atoms with Crippen LogP contribution in [0.5, 0.6) is 0 Å². The van der Waals surface area contributed by atoms with Gasteiger partial charge in [-0.05, 0) is 18.8 Å². The van der Waals surface area contributed by atoms with Gasteiger partial charge in [0.05, 0.1) is 0 Å². The van der Waals surface area contributed by atoms with Crippen molar-refractivity contribution in [2.24, 2.45) is 5.92 Å². The highest BCUT2D eigenvalue weighted by atomic mass is 32.2. The van der Waals surface area contributed by atoms with E-state index in [4.69, 9.17) is 0 Å². The summed E-state index contributed by atoms with van der Waals surface area (Å²) in [5.74, 6) is 0.306. The Labute approximate surface area is 94.6 Å². The molecule has 1 fully saturated rings. The van der Waals surface area contributed by atoms with E-state index < -0.39 is 21.0 Å². The maximum atomic E-state index is 11.1. The molecule has 88 valence electrons. The molecule has 0 aliphatic heterocycles. The van der Waals surface area contributed by atoms with Crippen molar-refractivity contribution in [3.8, 4) is 0 Å². The maximum Gasteiger partial charge on any atom is 0.202 e. The van der Waals surface area contributed by atoms with E-state index in [1.807, 2.05) is 0 Å². The van der Waals surface area contributed by atoms with Gasteiger partial charge in [-0.2, -0.15) is 0 Å². The summed E-state index contributed by atoms with van der Waals surface area (Å²) in [7, 11) is -4.40. The quantitative estimate of drug-likeness (QED) is 0.705. The number of thioether (sulfide) groups is 1. The molecule has 0 aromatic rings.